The van der Waals surface area contributed by atoms with E-state index in [4.69, 9.17) is 35.3 Å². The van der Waals surface area contributed by atoms with Gasteiger partial charge in [-0.3, -0.25) is 19.2 Å². The molecule has 42 heavy (non-hydrogen) atoms. The third kappa shape index (κ3) is 4.27. The second kappa shape index (κ2) is 10.7. The van der Waals surface area contributed by atoms with Gasteiger partial charge in [0.2, 0.25) is 11.4 Å². The summed E-state index contributed by atoms with van der Waals surface area (Å²) < 4.78 is 27.1. The average molecular weight is 598 g/mol. The van der Waals surface area contributed by atoms with Crippen molar-refractivity contribution in [2.75, 3.05) is 28.4 Å². The zero-order valence-electron chi connectivity index (χ0n) is 23.5. The van der Waals surface area contributed by atoms with Crippen LogP contribution in [0.5, 0.6) is 23.0 Å². The molecule has 0 fully saturated rings. The van der Waals surface area contributed by atoms with Crippen LogP contribution in [0.2, 0.25) is 5.02 Å². The molecule has 0 amide bonds. The number of carbonyl (C=O) groups excluding carboxylic acids is 3. The summed E-state index contributed by atoms with van der Waals surface area (Å²) in [4.78, 5) is 56.5. The van der Waals surface area contributed by atoms with E-state index in [-0.39, 0.29) is 45.4 Å². The van der Waals surface area contributed by atoms with Gasteiger partial charge in [-0.25, -0.2) is 0 Å². The number of benzene rings is 2. The Morgan fingerprint density at radius 2 is 1.81 bits per heavy atom. The van der Waals surface area contributed by atoms with E-state index in [0.717, 1.165) is 7.11 Å². The van der Waals surface area contributed by atoms with E-state index in [0.29, 0.717) is 16.7 Å². The maximum Gasteiger partial charge on any atom is 0.306 e. The van der Waals surface area contributed by atoms with Crippen molar-refractivity contribution in [1.82, 2.24) is 4.98 Å². The lowest BCUT2D eigenvalue weighted by Crippen LogP contribution is -2.53. The fourth-order valence-corrected chi connectivity index (χ4v) is 6.01. The molecule has 12 heteroatoms. The number of nitrogens with one attached hydrogen (secondary N) is 1. The number of ether oxygens (including phenoxy) is 5. The van der Waals surface area contributed by atoms with Crippen molar-refractivity contribution in [2.45, 2.75) is 31.3 Å². The van der Waals surface area contributed by atoms with Crippen molar-refractivity contribution < 1.29 is 43.2 Å². The van der Waals surface area contributed by atoms with Gasteiger partial charge in [-0.2, -0.15) is 0 Å². The molecule has 3 aromatic rings. The number of H-pyrrole nitrogens is 1. The van der Waals surface area contributed by atoms with Crippen LogP contribution in [0.25, 0.3) is 10.9 Å². The summed E-state index contributed by atoms with van der Waals surface area (Å²) in [5, 5.41) is 12.4. The number of pyridine rings is 1. The molecule has 3 atom stereocenters. The first-order valence-corrected chi connectivity index (χ1v) is 13.3. The van der Waals surface area contributed by atoms with Gasteiger partial charge >= 0.3 is 5.97 Å². The molecule has 2 aliphatic rings. The first-order valence-electron chi connectivity index (χ1n) is 12.9. The van der Waals surface area contributed by atoms with Gasteiger partial charge < -0.3 is 33.8 Å². The SMILES string of the molecule is COC(=O)C[C@@H](C1=C(O)[C@@]2(Oc3c(Cl)c(OC)cc(OC)c3C2=O)[C@H](C)CC1=O)c1cc2cc(OC)ccc2[nH]c1=O. The summed E-state index contributed by atoms with van der Waals surface area (Å²) in [6, 6.07) is 7.93. The number of allylic oxidation sites excluding steroid dienone is 1. The van der Waals surface area contributed by atoms with E-state index in [2.05, 4.69) is 4.98 Å². The van der Waals surface area contributed by atoms with Gasteiger partial charge in [0.1, 0.15) is 27.8 Å². The van der Waals surface area contributed by atoms with Gasteiger partial charge in [0, 0.05) is 46.4 Å². The number of carbonyl (C=O) groups is 3. The fourth-order valence-electron chi connectivity index (χ4n) is 5.74. The fraction of sp³-hybridized carbons (Fsp3) is 0.333. The Labute approximate surface area is 244 Å². The summed E-state index contributed by atoms with van der Waals surface area (Å²) >= 11 is 6.52. The molecule has 0 radical (unpaired) electrons. The number of esters is 1. The highest BCUT2D eigenvalue weighted by atomic mass is 35.5. The van der Waals surface area contributed by atoms with E-state index in [1.807, 2.05) is 0 Å². The number of aliphatic hydroxyl groups is 1. The largest absolute Gasteiger partial charge is 0.507 e. The Hall–Kier alpha value is -4.51. The Morgan fingerprint density at radius 1 is 1.10 bits per heavy atom. The molecule has 1 aliphatic carbocycles. The van der Waals surface area contributed by atoms with Gasteiger partial charge in [0.15, 0.2) is 17.3 Å². The molecule has 2 N–H and O–H groups in total. The Bertz CT molecular complexity index is 1740. The number of aromatic amines is 1. The molecule has 2 heterocycles. The smallest absolute Gasteiger partial charge is 0.306 e. The van der Waals surface area contributed by atoms with Crippen LogP contribution < -0.4 is 24.5 Å². The summed E-state index contributed by atoms with van der Waals surface area (Å²) in [6.45, 7) is 1.58. The van der Waals surface area contributed by atoms with Gasteiger partial charge in [-0.15, -0.1) is 0 Å². The zero-order chi connectivity index (χ0) is 30.5. The first kappa shape index (κ1) is 29.0. The number of aromatic nitrogens is 1. The summed E-state index contributed by atoms with van der Waals surface area (Å²) in [7, 11) is 5.39. The molecular weight excluding hydrogens is 570 g/mol. The lowest BCUT2D eigenvalue weighted by Gasteiger charge is -2.38. The lowest BCUT2D eigenvalue weighted by molar-refractivity contribution is -0.140. The maximum absolute atomic E-state index is 14.1. The Morgan fingerprint density at radius 3 is 2.45 bits per heavy atom. The van der Waals surface area contributed by atoms with Gasteiger partial charge in [-0.05, 0) is 24.3 Å². The van der Waals surface area contributed by atoms with Crippen molar-refractivity contribution in [3.05, 3.63) is 68.2 Å². The van der Waals surface area contributed by atoms with Crippen molar-refractivity contribution in [1.29, 1.82) is 0 Å². The van der Waals surface area contributed by atoms with Crippen molar-refractivity contribution in [3.8, 4) is 23.0 Å². The highest BCUT2D eigenvalue weighted by Crippen LogP contribution is 2.55. The number of Topliss-reactive ketones (excluding diaryl/α,β-unsaturated/α-hetero) is 2. The quantitative estimate of drug-likeness (QED) is 0.377. The average Bonchev–Trinajstić information content (AvgIpc) is 3.29. The van der Waals surface area contributed by atoms with Crippen LogP contribution in [0.4, 0.5) is 0 Å². The molecule has 1 aromatic heterocycles. The lowest BCUT2D eigenvalue weighted by atomic mass is 9.69. The molecule has 2 aromatic carbocycles. The molecule has 0 unspecified atom stereocenters. The summed E-state index contributed by atoms with van der Waals surface area (Å²) in [6.07, 6.45) is -0.725. The number of halogens is 1. The maximum atomic E-state index is 14.1. The van der Waals surface area contributed by atoms with Crippen LogP contribution in [-0.2, 0) is 14.3 Å². The molecule has 220 valence electrons. The predicted molar refractivity (Wildman–Crippen MR) is 151 cm³/mol. The van der Waals surface area contributed by atoms with E-state index in [1.165, 1.54) is 33.5 Å². The molecule has 0 saturated carbocycles. The monoisotopic (exact) mass is 597 g/mol. The van der Waals surface area contributed by atoms with Crippen LogP contribution in [0, 0.1) is 5.92 Å². The third-order valence-electron chi connectivity index (χ3n) is 7.91. The number of aliphatic hydroxyl groups excluding tert-OH is 1. The van der Waals surface area contributed by atoms with Crippen molar-refractivity contribution in [3.63, 3.8) is 0 Å². The number of hydrogen-bond donors (Lipinski definition) is 2. The van der Waals surface area contributed by atoms with Crippen LogP contribution in [-0.4, -0.2) is 61.7 Å². The second-order valence-corrected chi connectivity index (χ2v) is 10.5. The van der Waals surface area contributed by atoms with Crippen LogP contribution in [0.15, 0.2) is 46.5 Å². The topological polar surface area (TPSA) is 150 Å². The molecule has 0 saturated heterocycles. The van der Waals surface area contributed by atoms with E-state index in [1.54, 1.807) is 25.1 Å². The minimum absolute atomic E-state index is 0.000924. The zero-order valence-corrected chi connectivity index (χ0v) is 24.2. The van der Waals surface area contributed by atoms with Crippen LogP contribution in [0.1, 0.15) is 41.6 Å². The van der Waals surface area contributed by atoms with E-state index >= 15 is 0 Å². The number of hydrogen-bond acceptors (Lipinski definition) is 10. The Kier molecular flexibility index (Phi) is 7.40. The minimum Gasteiger partial charge on any atom is -0.507 e. The number of ketones is 2. The van der Waals surface area contributed by atoms with Gasteiger partial charge in [-0.1, -0.05) is 18.5 Å². The number of rotatable bonds is 7. The molecular formula is C30H28ClNO10. The molecule has 1 spiro atoms. The standard InChI is InChI=1S/C30H28ClNO10/c1-13-8-19(33)23(27(35)30(13)28(36)24-20(39-3)12-21(40-4)25(31)26(24)42-30)16(11-22(34)41-5)17-10-14-9-15(38-2)6-7-18(14)32-29(17)37/h6-7,9-10,12-13,16,35H,8,11H2,1-5H3,(H,32,37)/t13-,16-,30+/m1/s1. The van der Waals surface area contributed by atoms with Crippen LogP contribution in [0.3, 0.4) is 0 Å². The minimum atomic E-state index is -2.09. The second-order valence-electron chi connectivity index (χ2n) is 10.1. The van der Waals surface area contributed by atoms with Crippen LogP contribution >= 0.6 is 11.6 Å². The van der Waals surface area contributed by atoms with E-state index < -0.39 is 52.7 Å². The molecule has 0 bridgehead atoms. The van der Waals surface area contributed by atoms with Gasteiger partial charge in [0.25, 0.3) is 5.56 Å². The number of methoxy groups -OCH3 is 4. The Balaban J connectivity index is 1.76. The van der Waals surface area contributed by atoms with Gasteiger partial charge in [0.05, 0.1) is 34.9 Å². The normalized spacial score (nSPS) is 20.4. The molecule has 11 nitrogen and oxygen atoms in total. The highest BCUT2D eigenvalue weighted by molar-refractivity contribution is 6.35. The van der Waals surface area contributed by atoms with Crippen molar-refractivity contribution in [2.24, 2.45) is 5.92 Å². The first-order chi connectivity index (χ1) is 20.0. The molecule has 1 aliphatic heterocycles. The van der Waals surface area contributed by atoms with E-state index in [9.17, 15) is 24.3 Å². The van der Waals surface area contributed by atoms with Crippen molar-refractivity contribution >= 4 is 40.0 Å². The summed E-state index contributed by atoms with van der Waals surface area (Å²) in [5.74, 6) is -4.18. The molecule has 5 rings (SSSR count). The number of fused-ring (bicyclic) bond motifs is 2. The predicted octanol–water partition coefficient (Wildman–Crippen LogP) is 4.29. The third-order valence-corrected chi connectivity index (χ3v) is 8.27. The highest BCUT2D eigenvalue weighted by Gasteiger charge is 2.61. The summed E-state index contributed by atoms with van der Waals surface area (Å²) in [5.41, 5.74) is -2.54.